The van der Waals surface area contributed by atoms with E-state index in [1.54, 1.807) is 0 Å². The first-order valence-corrected chi connectivity index (χ1v) is 5.01. The van der Waals surface area contributed by atoms with Crippen molar-refractivity contribution in [2.24, 2.45) is 5.41 Å². The number of amides is 1. The number of nitriles is 1. The molecule has 1 amide bonds. The number of hydrogen-bond donors (Lipinski definition) is 0. The molecule has 16 heavy (non-hydrogen) atoms. The van der Waals surface area contributed by atoms with Gasteiger partial charge in [-0.3, -0.25) is 4.79 Å². The van der Waals surface area contributed by atoms with Gasteiger partial charge >= 0.3 is 6.18 Å². The third-order valence-corrected chi connectivity index (χ3v) is 2.61. The van der Waals surface area contributed by atoms with Gasteiger partial charge in [-0.1, -0.05) is 0 Å². The molecule has 0 spiro atoms. The highest BCUT2D eigenvalue weighted by Gasteiger charge is 2.54. The molecule has 0 heterocycles. The zero-order valence-corrected chi connectivity index (χ0v) is 9.14. The van der Waals surface area contributed by atoms with Gasteiger partial charge in [-0.05, 0) is 26.7 Å². The second-order valence-corrected chi connectivity index (χ2v) is 4.34. The van der Waals surface area contributed by atoms with Crippen molar-refractivity contribution >= 4 is 5.91 Å². The van der Waals surface area contributed by atoms with Gasteiger partial charge in [0.2, 0.25) is 5.91 Å². The Bertz CT molecular complexity index is 326. The second-order valence-electron chi connectivity index (χ2n) is 4.34. The van der Waals surface area contributed by atoms with Gasteiger partial charge in [0.05, 0.1) is 6.07 Å². The van der Waals surface area contributed by atoms with E-state index in [2.05, 4.69) is 0 Å². The Labute approximate surface area is 91.8 Å². The fraction of sp³-hybridized carbons (Fsp3) is 0.800. The lowest BCUT2D eigenvalue weighted by atomic mass is 10.1. The summed E-state index contributed by atoms with van der Waals surface area (Å²) in [6.45, 7) is 1.74. The van der Waals surface area contributed by atoms with Gasteiger partial charge < -0.3 is 4.90 Å². The maximum absolute atomic E-state index is 12.3. The highest BCUT2D eigenvalue weighted by Crippen LogP contribution is 2.47. The van der Waals surface area contributed by atoms with Crippen molar-refractivity contribution in [3.8, 4) is 6.07 Å². The van der Waals surface area contributed by atoms with E-state index in [4.69, 9.17) is 5.26 Å². The number of hydrogen-bond acceptors (Lipinski definition) is 2. The molecule has 0 radical (unpaired) electrons. The molecule has 6 heteroatoms. The predicted molar refractivity (Wildman–Crippen MR) is 50.2 cm³/mol. The number of alkyl halides is 3. The minimum absolute atomic E-state index is 0.364. The van der Waals surface area contributed by atoms with Crippen LogP contribution in [0.4, 0.5) is 13.2 Å². The Hall–Kier alpha value is -1.25. The summed E-state index contributed by atoms with van der Waals surface area (Å²) in [7, 11) is 0. The van der Waals surface area contributed by atoms with E-state index < -0.39 is 30.1 Å². The van der Waals surface area contributed by atoms with Crippen molar-refractivity contribution in [2.45, 2.75) is 38.9 Å². The van der Waals surface area contributed by atoms with Gasteiger partial charge in [0.1, 0.15) is 12.0 Å². The zero-order chi connectivity index (χ0) is 12.6. The van der Waals surface area contributed by atoms with Crippen molar-refractivity contribution in [1.82, 2.24) is 4.90 Å². The number of nitrogens with zero attached hydrogens (tertiary/aromatic N) is 2. The van der Waals surface area contributed by atoms with Crippen LogP contribution in [0.2, 0.25) is 0 Å². The Balaban J connectivity index is 2.80. The van der Waals surface area contributed by atoms with Crippen LogP contribution in [0.3, 0.4) is 0 Å². The lowest BCUT2D eigenvalue weighted by molar-refractivity contribution is -0.166. The molecule has 1 saturated carbocycles. The lowest BCUT2D eigenvalue weighted by Crippen LogP contribution is -2.46. The van der Waals surface area contributed by atoms with Crippen LogP contribution in [0.15, 0.2) is 0 Å². The largest absolute Gasteiger partial charge is 0.406 e. The molecule has 90 valence electrons. The Morgan fingerprint density at radius 3 is 2.25 bits per heavy atom. The van der Waals surface area contributed by atoms with Crippen LogP contribution in [0.1, 0.15) is 26.7 Å². The molecule has 3 nitrogen and oxygen atoms in total. The molecular weight excluding hydrogens is 221 g/mol. The highest BCUT2D eigenvalue weighted by atomic mass is 19.4. The summed E-state index contributed by atoms with van der Waals surface area (Å²) >= 11 is 0. The van der Waals surface area contributed by atoms with Crippen LogP contribution in [0.25, 0.3) is 0 Å². The molecule has 0 unspecified atom stereocenters. The van der Waals surface area contributed by atoms with Crippen molar-refractivity contribution in [1.29, 1.82) is 5.26 Å². The van der Waals surface area contributed by atoms with Crippen LogP contribution in [-0.2, 0) is 4.79 Å². The molecule has 0 aromatic carbocycles. The van der Waals surface area contributed by atoms with Gasteiger partial charge in [-0.2, -0.15) is 18.4 Å². The number of carbonyl (C=O) groups is 1. The maximum atomic E-state index is 12.3. The van der Waals surface area contributed by atoms with Gasteiger partial charge in [0.25, 0.3) is 0 Å². The number of carbonyl (C=O) groups excluding carboxylic acids is 1. The molecule has 0 N–H and O–H groups in total. The Morgan fingerprint density at radius 1 is 1.50 bits per heavy atom. The summed E-state index contributed by atoms with van der Waals surface area (Å²) in [5.41, 5.74) is -1.18. The third kappa shape index (κ3) is 2.65. The molecule has 0 aromatic heterocycles. The molecule has 0 aliphatic heterocycles. The normalized spacial score (nSPS) is 18.1. The molecule has 0 saturated heterocycles. The predicted octanol–water partition coefficient (Wildman–Crippen LogP) is 2.09. The SMILES string of the molecule is CC(C)N(CC(F)(F)F)C(=O)C1(C#N)CC1. The molecular formula is C10H13F3N2O. The zero-order valence-electron chi connectivity index (χ0n) is 9.14. The third-order valence-electron chi connectivity index (χ3n) is 2.61. The van der Waals surface area contributed by atoms with Gasteiger partial charge in [-0.15, -0.1) is 0 Å². The summed E-state index contributed by atoms with van der Waals surface area (Å²) in [5.74, 6) is -0.692. The van der Waals surface area contributed by atoms with Gasteiger partial charge in [-0.25, -0.2) is 0 Å². The summed E-state index contributed by atoms with van der Waals surface area (Å²) in [6, 6.07) is 1.26. The summed E-state index contributed by atoms with van der Waals surface area (Å²) in [5, 5.41) is 8.78. The quantitative estimate of drug-likeness (QED) is 0.750. The second kappa shape index (κ2) is 3.96. The van der Waals surface area contributed by atoms with Crippen molar-refractivity contribution in [3.63, 3.8) is 0 Å². The standard InChI is InChI=1S/C10H13F3N2O/c1-7(2)15(6-10(11,12)13)8(16)9(5-14)3-4-9/h7H,3-4,6H2,1-2H3. The first kappa shape index (κ1) is 12.8. The molecule has 1 aliphatic carbocycles. The minimum Gasteiger partial charge on any atom is -0.330 e. The first-order valence-electron chi connectivity index (χ1n) is 5.01. The van der Waals surface area contributed by atoms with E-state index in [0.29, 0.717) is 12.8 Å². The maximum Gasteiger partial charge on any atom is 0.406 e. The van der Waals surface area contributed by atoms with E-state index in [-0.39, 0.29) is 0 Å². The fourth-order valence-electron chi connectivity index (χ4n) is 1.46. The van der Waals surface area contributed by atoms with Crippen LogP contribution in [0.5, 0.6) is 0 Å². The van der Waals surface area contributed by atoms with E-state index in [0.717, 1.165) is 4.90 Å². The molecule has 1 aliphatic rings. The lowest BCUT2D eigenvalue weighted by Gasteiger charge is -2.29. The van der Waals surface area contributed by atoms with Gasteiger partial charge in [0.15, 0.2) is 0 Å². The van der Waals surface area contributed by atoms with Gasteiger partial charge in [0, 0.05) is 6.04 Å². The summed E-state index contributed by atoms with van der Waals surface area (Å²) < 4.78 is 36.8. The van der Waals surface area contributed by atoms with Crippen molar-refractivity contribution < 1.29 is 18.0 Å². The van der Waals surface area contributed by atoms with E-state index in [1.807, 2.05) is 6.07 Å². The molecule has 0 atom stereocenters. The monoisotopic (exact) mass is 234 g/mol. The van der Waals surface area contributed by atoms with Crippen LogP contribution >= 0.6 is 0 Å². The van der Waals surface area contributed by atoms with Crippen molar-refractivity contribution in [3.05, 3.63) is 0 Å². The van der Waals surface area contributed by atoms with Crippen molar-refractivity contribution in [2.75, 3.05) is 6.54 Å². The Morgan fingerprint density at radius 2 is 2.00 bits per heavy atom. The van der Waals surface area contributed by atoms with Crippen LogP contribution in [-0.4, -0.2) is 29.6 Å². The number of rotatable bonds is 3. The van der Waals surface area contributed by atoms with E-state index >= 15 is 0 Å². The average Bonchev–Trinajstić information content (AvgIpc) is 2.92. The van der Waals surface area contributed by atoms with Crippen LogP contribution < -0.4 is 0 Å². The topological polar surface area (TPSA) is 44.1 Å². The molecule has 0 aromatic rings. The average molecular weight is 234 g/mol. The molecule has 0 bridgehead atoms. The molecule has 1 rings (SSSR count). The van der Waals surface area contributed by atoms with Crippen LogP contribution in [0, 0.1) is 16.7 Å². The van der Waals surface area contributed by atoms with E-state index in [1.165, 1.54) is 13.8 Å². The fourth-order valence-corrected chi connectivity index (χ4v) is 1.46. The van der Waals surface area contributed by atoms with E-state index in [9.17, 15) is 18.0 Å². The first-order chi connectivity index (χ1) is 7.22. The summed E-state index contributed by atoms with van der Waals surface area (Å²) in [6.07, 6.45) is -3.70. The number of halogens is 3. The highest BCUT2D eigenvalue weighted by molar-refractivity contribution is 5.88. The minimum atomic E-state index is -4.43. The Kier molecular flexibility index (Phi) is 3.17. The summed E-state index contributed by atoms with van der Waals surface area (Å²) in [4.78, 5) is 12.5. The molecule has 1 fully saturated rings. The smallest absolute Gasteiger partial charge is 0.330 e.